The summed E-state index contributed by atoms with van der Waals surface area (Å²) in [6, 6.07) is 17.8. The van der Waals surface area contributed by atoms with Gasteiger partial charge in [0.2, 0.25) is 0 Å². The highest BCUT2D eigenvalue weighted by atomic mass is 32.1. The Kier molecular flexibility index (Phi) is 2.82. The van der Waals surface area contributed by atoms with Crippen LogP contribution in [0.3, 0.4) is 0 Å². The Morgan fingerprint density at radius 2 is 1.86 bits per heavy atom. The molecule has 0 saturated carbocycles. The molecule has 4 aromatic rings. The summed E-state index contributed by atoms with van der Waals surface area (Å²) in [5, 5.41) is 1.89. The van der Waals surface area contributed by atoms with E-state index in [0.29, 0.717) is 6.54 Å². The smallest absolute Gasteiger partial charge is 0.268 e. The van der Waals surface area contributed by atoms with Crippen molar-refractivity contribution in [3.05, 3.63) is 76.7 Å². The fraction of sp³-hybridized carbons (Fsp3) is 0.0588. The molecule has 0 amide bonds. The highest BCUT2D eigenvalue weighted by Gasteiger charge is 2.09. The molecule has 0 radical (unpaired) electrons. The van der Waals surface area contributed by atoms with Crippen LogP contribution in [0.4, 0.5) is 0 Å². The van der Waals surface area contributed by atoms with Crippen molar-refractivity contribution in [1.29, 1.82) is 0 Å². The van der Waals surface area contributed by atoms with Crippen molar-refractivity contribution in [1.82, 2.24) is 8.94 Å². The Bertz CT molecular complexity index is 995. The zero-order valence-electron chi connectivity index (χ0n) is 11.2. The van der Waals surface area contributed by atoms with Gasteiger partial charge in [0.1, 0.15) is 0 Å². The van der Waals surface area contributed by atoms with Gasteiger partial charge in [-0.05, 0) is 23.8 Å². The molecule has 0 aliphatic rings. The van der Waals surface area contributed by atoms with E-state index < -0.39 is 0 Å². The number of para-hydroxylation sites is 1. The summed E-state index contributed by atoms with van der Waals surface area (Å²) in [5.41, 5.74) is 2.11. The van der Waals surface area contributed by atoms with E-state index in [2.05, 4.69) is 4.98 Å². The molecule has 0 bridgehead atoms. The minimum absolute atomic E-state index is 0.0727. The summed E-state index contributed by atoms with van der Waals surface area (Å²) in [6.07, 6.45) is 1.79. The molecule has 0 atom stereocenters. The van der Waals surface area contributed by atoms with Crippen LogP contribution in [-0.2, 0) is 6.54 Å². The Morgan fingerprint density at radius 3 is 2.76 bits per heavy atom. The Labute approximate surface area is 125 Å². The first-order valence-corrected chi connectivity index (χ1v) is 7.52. The van der Waals surface area contributed by atoms with Crippen molar-refractivity contribution in [2.24, 2.45) is 0 Å². The van der Waals surface area contributed by atoms with Crippen LogP contribution in [0.1, 0.15) is 5.56 Å². The maximum Gasteiger partial charge on any atom is 0.268 e. The van der Waals surface area contributed by atoms with Gasteiger partial charge in [-0.25, -0.2) is 0 Å². The van der Waals surface area contributed by atoms with Crippen molar-refractivity contribution in [3.63, 3.8) is 0 Å². The molecule has 0 unspecified atom stereocenters. The number of pyridine rings is 1. The van der Waals surface area contributed by atoms with Crippen molar-refractivity contribution in [2.45, 2.75) is 6.54 Å². The molecule has 0 N–H and O–H groups in total. The van der Waals surface area contributed by atoms with Gasteiger partial charge in [-0.2, -0.15) is 0 Å². The molecule has 2 aromatic carbocycles. The minimum Gasteiger partial charge on any atom is -0.268 e. The number of fused-ring (bicyclic) bond motifs is 2. The molecular weight excluding hydrogens is 280 g/mol. The second kappa shape index (κ2) is 4.82. The number of hydrogen-bond donors (Lipinski definition) is 0. The highest BCUT2D eigenvalue weighted by Crippen LogP contribution is 2.20. The standard InChI is InChI=1S/C17H12N2OS/c20-17-14-8-1-2-9-15(14)21-19(17)11-13-6-3-5-12-7-4-10-18-16(12)13/h1-10H,11H2. The molecule has 0 fully saturated rings. The Hall–Kier alpha value is -2.46. The first-order chi connectivity index (χ1) is 10.3. The van der Waals surface area contributed by atoms with Crippen molar-refractivity contribution < 1.29 is 0 Å². The lowest BCUT2D eigenvalue weighted by molar-refractivity contribution is 0.859. The van der Waals surface area contributed by atoms with Crippen molar-refractivity contribution in [3.8, 4) is 0 Å². The van der Waals surface area contributed by atoms with Gasteiger partial charge in [0.05, 0.1) is 22.1 Å². The van der Waals surface area contributed by atoms with E-state index in [9.17, 15) is 4.79 Å². The average Bonchev–Trinajstić information content (AvgIpc) is 2.85. The third-order valence-corrected chi connectivity index (χ3v) is 4.65. The summed E-state index contributed by atoms with van der Waals surface area (Å²) in [5.74, 6) is 0. The van der Waals surface area contributed by atoms with Crippen LogP contribution in [-0.4, -0.2) is 8.94 Å². The second-order valence-corrected chi connectivity index (χ2v) is 5.98. The fourth-order valence-electron chi connectivity index (χ4n) is 2.57. The van der Waals surface area contributed by atoms with Crippen molar-refractivity contribution >= 4 is 32.5 Å². The molecule has 0 spiro atoms. The third kappa shape index (κ3) is 2.04. The fourth-order valence-corrected chi connectivity index (χ4v) is 3.59. The van der Waals surface area contributed by atoms with Gasteiger partial charge in [0.15, 0.2) is 0 Å². The largest absolute Gasteiger partial charge is 0.268 e. The number of aromatic nitrogens is 2. The maximum atomic E-state index is 12.4. The number of nitrogens with zero attached hydrogens (tertiary/aromatic N) is 2. The zero-order chi connectivity index (χ0) is 14.2. The van der Waals surface area contributed by atoms with E-state index >= 15 is 0 Å². The minimum atomic E-state index is 0.0727. The van der Waals surface area contributed by atoms with Crippen LogP contribution in [0.15, 0.2) is 65.6 Å². The number of benzene rings is 2. The predicted molar refractivity (Wildman–Crippen MR) is 86.9 cm³/mol. The lowest BCUT2D eigenvalue weighted by atomic mass is 10.1. The third-order valence-electron chi connectivity index (χ3n) is 3.58. The zero-order valence-corrected chi connectivity index (χ0v) is 12.0. The van der Waals surface area contributed by atoms with E-state index in [-0.39, 0.29) is 5.56 Å². The average molecular weight is 292 g/mol. The van der Waals surface area contributed by atoms with Crippen molar-refractivity contribution in [2.75, 3.05) is 0 Å². The second-order valence-electron chi connectivity index (χ2n) is 4.92. The normalized spacial score (nSPS) is 11.2. The lowest BCUT2D eigenvalue weighted by Crippen LogP contribution is -2.13. The molecule has 4 heteroatoms. The van der Waals surface area contributed by atoms with Gasteiger partial charge in [-0.1, -0.05) is 47.9 Å². The Balaban J connectivity index is 1.87. The topological polar surface area (TPSA) is 34.9 Å². The molecular formula is C17H12N2OS. The first kappa shape index (κ1) is 12.3. The van der Waals surface area contributed by atoms with Gasteiger partial charge in [-0.15, -0.1) is 0 Å². The Morgan fingerprint density at radius 1 is 1.00 bits per heavy atom. The molecule has 2 aromatic heterocycles. The van der Waals surface area contributed by atoms with E-state index in [1.54, 1.807) is 10.2 Å². The van der Waals surface area contributed by atoms with Crippen LogP contribution in [0.25, 0.3) is 21.0 Å². The van der Waals surface area contributed by atoms with Crippen LogP contribution in [0.5, 0.6) is 0 Å². The molecule has 21 heavy (non-hydrogen) atoms. The molecule has 0 aliphatic heterocycles. The summed E-state index contributed by atoms with van der Waals surface area (Å²) in [6.45, 7) is 0.562. The van der Waals surface area contributed by atoms with E-state index in [1.807, 2.05) is 54.6 Å². The molecule has 4 rings (SSSR count). The molecule has 0 saturated heterocycles. The lowest BCUT2D eigenvalue weighted by Gasteiger charge is -2.05. The SMILES string of the molecule is O=c1c2ccccc2sn1Cc1cccc2cccnc12. The highest BCUT2D eigenvalue weighted by molar-refractivity contribution is 7.13. The summed E-state index contributed by atoms with van der Waals surface area (Å²) < 4.78 is 2.82. The molecule has 0 aliphatic carbocycles. The van der Waals surface area contributed by atoms with Gasteiger partial charge < -0.3 is 0 Å². The number of rotatable bonds is 2. The maximum absolute atomic E-state index is 12.4. The monoisotopic (exact) mass is 292 g/mol. The quantitative estimate of drug-likeness (QED) is 0.565. The molecule has 102 valence electrons. The predicted octanol–water partition coefficient (Wildman–Crippen LogP) is 3.66. The first-order valence-electron chi connectivity index (χ1n) is 6.74. The van der Waals surface area contributed by atoms with Gasteiger partial charge in [0.25, 0.3) is 5.56 Å². The van der Waals surface area contributed by atoms with Gasteiger partial charge >= 0.3 is 0 Å². The summed E-state index contributed by atoms with van der Waals surface area (Å²) >= 11 is 1.50. The van der Waals surface area contributed by atoms with E-state index in [0.717, 1.165) is 26.6 Å². The summed E-state index contributed by atoms with van der Waals surface area (Å²) in [4.78, 5) is 16.9. The van der Waals surface area contributed by atoms with E-state index in [1.165, 1.54) is 11.5 Å². The molecule has 2 heterocycles. The summed E-state index contributed by atoms with van der Waals surface area (Å²) in [7, 11) is 0. The van der Waals surface area contributed by atoms with Gasteiger partial charge in [0, 0.05) is 11.6 Å². The van der Waals surface area contributed by atoms with Crippen LogP contribution in [0.2, 0.25) is 0 Å². The van der Waals surface area contributed by atoms with Crippen LogP contribution >= 0.6 is 11.5 Å². The van der Waals surface area contributed by atoms with Gasteiger partial charge in [-0.3, -0.25) is 13.7 Å². The van der Waals surface area contributed by atoms with Crippen LogP contribution < -0.4 is 5.56 Å². The van der Waals surface area contributed by atoms with E-state index in [4.69, 9.17) is 0 Å². The van der Waals surface area contributed by atoms with Crippen LogP contribution in [0, 0.1) is 0 Å². The molecule has 3 nitrogen and oxygen atoms in total. The number of hydrogen-bond acceptors (Lipinski definition) is 3.